The van der Waals surface area contributed by atoms with Gasteiger partial charge in [0.1, 0.15) is 0 Å². The van der Waals surface area contributed by atoms with Crippen molar-refractivity contribution < 1.29 is 4.52 Å². The molecular formula is C13H23N3O. The number of hydrogen-bond donors (Lipinski definition) is 1. The van der Waals surface area contributed by atoms with Crippen LogP contribution >= 0.6 is 0 Å². The van der Waals surface area contributed by atoms with E-state index in [1.165, 1.54) is 19.3 Å². The minimum Gasteiger partial charge on any atom is -0.339 e. The lowest BCUT2D eigenvalue weighted by Crippen LogP contribution is -2.39. The zero-order chi connectivity index (χ0) is 12.3. The van der Waals surface area contributed by atoms with E-state index in [4.69, 9.17) is 10.3 Å². The van der Waals surface area contributed by atoms with Gasteiger partial charge in [-0.25, -0.2) is 0 Å². The Labute approximate surface area is 103 Å². The summed E-state index contributed by atoms with van der Waals surface area (Å²) >= 11 is 0. The maximum absolute atomic E-state index is 6.37. The van der Waals surface area contributed by atoms with Crippen molar-refractivity contribution in [1.82, 2.24) is 10.1 Å². The highest BCUT2D eigenvalue weighted by Gasteiger charge is 2.34. The van der Waals surface area contributed by atoms with Gasteiger partial charge in [-0.2, -0.15) is 4.98 Å². The molecule has 1 heterocycles. The molecule has 0 radical (unpaired) electrons. The molecular weight excluding hydrogens is 214 g/mol. The summed E-state index contributed by atoms with van der Waals surface area (Å²) in [5, 5.41) is 4.09. The Morgan fingerprint density at radius 1 is 1.35 bits per heavy atom. The van der Waals surface area contributed by atoms with Crippen LogP contribution in [0.2, 0.25) is 0 Å². The van der Waals surface area contributed by atoms with Crippen LogP contribution in [0.4, 0.5) is 0 Å². The molecule has 1 aliphatic rings. The molecule has 0 aliphatic heterocycles. The summed E-state index contributed by atoms with van der Waals surface area (Å²) in [6.45, 7) is 4.37. The van der Waals surface area contributed by atoms with Gasteiger partial charge in [-0.1, -0.05) is 44.7 Å². The summed E-state index contributed by atoms with van der Waals surface area (Å²) < 4.78 is 5.31. The van der Waals surface area contributed by atoms with Crippen LogP contribution in [0.1, 0.15) is 64.1 Å². The van der Waals surface area contributed by atoms with Crippen LogP contribution in [0.25, 0.3) is 0 Å². The highest BCUT2D eigenvalue weighted by molar-refractivity contribution is 5.05. The topological polar surface area (TPSA) is 64.9 Å². The van der Waals surface area contributed by atoms with E-state index >= 15 is 0 Å². The van der Waals surface area contributed by atoms with E-state index in [0.717, 1.165) is 37.4 Å². The molecule has 4 heteroatoms. The molecule has 0 spiro atoms. The summed E-state index contributed by atoms with van der Waals surface area (Å²) in [5.41, 5.74) is 6.03. The highest BCUT2D eigenvalue weighted by atomic mass is 16.5. The lowest BCUT2D eigenvalue weighted by Gasteiger charge is -2.29. The Hall–Kier alpha value is -0.900. The third kappa shape index (κ3) is 2.86. The first-order valence-electron chi connectivity index (χ1n) is 6.76. The second-order valence-electron chi connectivity index (χ2n) is 5.45. The van der Waals surface area contributed by atoms with Crippen molar-refractivity contribution in [2.24, 2.45) is 11.7 Å². The molecule has 1 fully saturated rings. The fourth-order valence-electron chi connectivity index (χ4n) is 2.39. The standard InChI is InChI=1S/C13H23N3O/c1-3-10(2)9-11-15-12(16-17-11)13(14)7-5-4-6-8-13/h10H,3-9,14H2,1-2H3. The molecule has 17 heavy (non-hydrogen) atoms. The number of nitrogens with zero attached hydrogens (tertiary/aromatic N) is 2. The molecule has 4 nitrogen and oxygen atoms in total. The van der Waals surface area contributed by atoms with Gasteiger partial charge in [0.05, 0.1) is 5.54 Å². The predicted molar refractivity (Wildman–Crippen MR) is 66.4 cm³/mol. The molecule has 1 atom stereocenters. The van der Waals surface area contributed by atoms with E-state index < -0.39 is 0 Å². The maximum Gasteiger partial charge on any atom is 0.226 e. The average molecular weight is 237 g/mol. The van der Waals surface area contributed by atoms with Crippen molar-refractivity contribution in [1.29, 1.82) is 0 Å². The summed E-state index contributed by atoms with van der Waals surface area (Å²) in [5.74, 6) is 2.05. The van der Waals surface area contributed by atoms with Gasteiger partial charge in [0.25, 0.3) is 0 Å². The lowest BCUT2D eigenvalue weighted by molar-refractivity contribution is 0.272. The number of hydrogen-bond acceptors (Lipinski definition) is 4. The summed E-state index contributed by atoms with van der Waals surface area (Å²) in [6.07, 6.45) is 7.57. The van der Waals surface area contributed by atoms with E-state index in [0.29, 0.717) is 5.92 Å². The van der Waals surface area contributed by atoms with Crippen LogP contribution in [0, 0.1) is 5.92 Å². The van der Waals surface area contributed by atoms with Crippen LogP contribution in [-0.4, -0.2) is 10.1 Å². The molecule has 1 saturated carbocycles. The molecule has 1 aromatic heterocycles. The molecule has 2 N–H and O–H groups in total. The first kappa shape index (κ1) is 12.6. The molecule has 0 amide bonds. The summed E-state index contributed by atoms with van der Waals surface area (Å²) in [7, 11) is 0. The van der Waals surface area contributed by atoms with Gasteiger partial charge in [-0.3, -0.25) is 0 Å². The van der Waals surface area contributed by atoms with Crippen LogP contribution < -0.4 is 5.73 Å². The normalized spacial score (nSPS) is 21.4. The molecule has 1 unspecified atom stereocenters. The SMILES string of the molecule is CCC(C)Cc1nc(C2(N)CCCCC2)no1. The van der Waals surface area contributed by atoms with Gasteiger partial charge in [-0.15, -0.1) is 0 Å². The van der Waals surface area contributed by atoms with Crippen molar-refractivity contribution in [2.75, 3.05) is 0 Å². The Morgan fingerprint density at radius 2 is 2.06 bits per heavy atom. The van der Waals surface area contributed by atoms with Crippen molar-refractivity contribution in [3.8, 4) is 0 Å². The minimum absolute atomic E-state index is 0.338. The Balaban J connectivity index is 2.06. The Bertz CT molecular complexity index is 355. The average Bonchev–Trinajstić information content (AvgIpc) is 2.79. The van der Waals surface area contributed by atoms with E-state index in [1.807, 2.05) is 0 Å². The summed E-state index contributed by atoms with van der Waals surface area (Å²) in [6, 6.07) is 0. The van der Waals surface area contributed by atoms with Gasteiger partial charge in [0.2, 0.25) is 5.89 Å². The molecule has 0 aromatic carbocycles. The van der Waals surface area contributed by atoms with Crippen molar-refractivity contribution in [3.63, 3.8) is 0 Å². The molecule has 96 valence electrons. The lowest BCUT2D eigenvalue weighted by atomic mass is 9.82. The van der Waals surface area contributed by atoms with Gasteiger partial charge in [-0.05, 0) is 18.8 Å². The maximum atomic E-state index is 6.37. The van der Waals surface area contributed by atoms with E-state index in [-0.39, 0.29) is 5.54 Å². The van der Waals surface area contributed by atoms with Gasteiger partial charge in [0, 0.05) is 6.42 Å². The van der Waals surface area contributed by atoms with Crippen LogP contribution in [0.15, 0.2) is 4.52 Å². The van der Waals surface area contributed by atoms with Crippen molar-refractivity contribution in [3.05, 3.63) is 11.7 Å². The first-order chi connectivity index (χ1) is 8.14. The number of aromatic nitrogens is 2. The molecule has 1 aliphatic carbocycles. The Kier molecular flexibility index (Phi) is 3.82. The molecule has 1 aromatic rings. The van der Waals surface area contributed by atoms with E-state index in [9.17, 15) is 0 Å². The zero-order valence-electron chi connectivity index (χ0n) is 10.9. The predicted octanol–water partition coefficient (Wildman–Crippen LogP) is 2.78. The fraction of sp³-hybridized carbons (Fsp3) is 0.846. The Morgan fingerprint density at radius 3 is 2.71 bits per heavy atom. The molecule has 2 rings (SSSR count). The largest absolute Gasteiger partial charge is 0.339 e. The second-order valence-corrected chi connectivity index (χ2v) is 5.45. The molecule has 0 bridgehead atoms. The smallest absolute Gasteiger partial charge is 0.226 e. The summed E-state index contributed by atoms with van der Waals surface area (Å²) in [4.78, 5) is 4.49. The van der Waals surface area contributed by atoms with Crippen LogP contribution in [0.3, 0.4) is 0 Å². The number of rotatable bonds is 4. The minimum atomic E-state index is -0.338. The number of nitrogens with two attached hydrogens (primary N) is 1. The van der Waals surface area contributed by atoms with E-state index in [2.05, 4.69) is 24.0 Å². The zero-order valence-corrected chi connectivity index (χ0v) is 10.9. The van der Waals surface area contributed by atoms with Crippen LogP contribution in [0.5, 0.6) is 0 Å². The third-order valence-electron chi connectivity index (χ3n) is 3.88. The first-order valence-corrected chi connectivity index (χ1v) is 6.76. The van der Waals surface area contributed by atoms with Gasteiger partial charge in [0.15, 0.2) is 5.82 Å². The monoisotopic (exact) mass is 237 g/mol. The van der Waals surface area contributed by atoms with Crippen molar-refractivity contribution >= 4 is 0 Å². The van der Waals surface area contributed by atoms with Gasteiger partial charge >= 0.3 is 0 Å². The third-order valence-corrected chi connectivity index (χ3v) is 3.88. The highest BCUT2D eigenvalue weighted by Crippen LogP contribution is 2.33. The quantitative estimate of drug-likeness (QED) is 0.874. The molecule has 0 saturated heterocycles. The van der Waals surface area contributed by atoms with Crippen molar-refractivity contribution in [2.45, 2.75) is 64.3 Å². The fourth-order valence-corrected chi connectivity index (χ4v) is 2.39. The van der Waals surface area contributed by atoms with E-state index in [1.54, 1.807) is 0 Å². The van der Waals surface area contributed by atoms with Gasteiger partial charge < -0.3 is 10.3 Å². The second kappa shape index (κ2) is 5.17. The van der Waals surface area contributed by atoms with Crippen LogP contribution in [-0.2, 0) is 12.0 Å².